The molecule has 0 fully saturated rings. The number of aromatic carboxylic acids is 4. The summed E-state index contributed by atoms with van der Waals surface area (Å²) >= 11 is 0. The Kier molecular flexibility index (Phi) is 8.67. The first kappa shape index (κ1) is 32.8. The molecule has 0 aliphatic carbocycles. The van der Waals surface area contributed by atoms with Crippen LogP contribution in [0.15, 0.2) is 72.8 Å². The van der Waals surface area contributed by atoms with Gasteiger partial charge in [0.2, 0.25) is 0 Å². The molecule has 10 nitrogen and oxygen atoms in total. The minimum atomic E-state index is -5.89. The largest absolute Gasteiger partial charge is 0.478 e. The average molecular weight is 650 g/mol. The molecule has 0 spiro atoms. The van der Waals surface area contributed by atoms with Gasteiger partial charge in [0.15, 0.2) is 11.5 Å². The van der Waals surface area contributed by atoms with E-state index in [-0.39, 0.29) is 0 Å². The first-order chi connectivity index (χ1) is 21.4. The molecule has 0 unspecified atom stereocenters. The summed E-state index contributed by atoms with van der Waals surface area (Å²) in [6.07, 6.45) is -11.6. The first-order valence-corrected chi connectivity index (χ1v) is 12.4. The molecule has 0 saturated carbocycles. The van der Waals surface area contributed by atoms with Crippen molar-refractivity contribution >= 4 is 23.9 Å². The molecule has 238 valence electrons. The Morgan fingerprint density at radius 3 is 1.39 bits per heavy atom. The van der Waals surface area contributed by atoms with Crippen LogP contribution in [0.3, 0.4) is 0 Å². The predicted octanol–water partition coefficient (Wildman–Crippen LogP) is 7.77. The molecule has 4 N–H and O–H groups in total. The Hall–Kier alpha value is -6.06. The Balaban J connectivity index is 2.15. The van der Waals surface area contributed by atoms with E-state index in [0.29, 0.717) is 30.3 Å². The van der Waals surface area contributed by atoms with Gasteiger partial charge >= 0.3 is 36.2 Å². The van der Waals surface area contributed by atoms with E-state index < -0.39 is 104 Å². The zero-order valence-corrected chi connectivity index (χ0v) is 22.4. The van der Waals surface area contributed by atoms with Crippen LogP contribution in [-0.2, 0) is 12.4 Å². The van der Waals surface area contributed by atoms with E-state index in [2.05, 4.69) is 0 Å². The van der Waals surface area contributed by atoms with Gasteiger partial charge in [-0.05, 0) is 53.6 Å². The molecule has 0 heterocycles. The van der Waals surface area contributed by atoms with Crippen molar-refractivity contribution in [3.8, 4) is 34.1 Å². The zero-order chi connectivity index (χ0) is 34.1. The van der Waals surface area contributed by atoms with Crippen LogP contribution < -0.4 is 9.47 Å². The molecule has 16 heteroatoms. The van der Waals surface area contributed by atoms with Crippen molar-refractivity contribution in [2.24, 2.45) is 0 Å². The number of rotatable bonds is 9. The molecule has 4 aromatic carbocycles. The maximum atomic E-state index is 14.7. The van der Waals surface area contributed by atoms with Crippen LogP contribution >= 0.6 is 0 Å². The molecular formula is C30H16F6O10. The highest BCUT2D eigenvalue weighted by Gasteiger charge is 2.49. The topological polar surface area (TPSA) is 168 Å². The summed E-state index contributed by atoms with van der Waals surface area (Å²) in [5.74, 6) is -11.8. The van der Waals surface area contributed by atoms with Crippen molar-refractivity contribution < 1.29 is 75.4 Å². The number of carbonyl (C=O) groups is 4. The minimum Gasteiger partial charge on any atom is -0.478 e. The second-order valence-electron chi connectivity index (χ2n) is 9.21. The van der Waals surface area contributed by atoms with Gasteiger partial charge in [0.25, 0.3) is 0 Å². The molecule has 4 aromatic rings. The molecule has 0 amide bonds. The monoisotopic (exact) mass is 650 g/mol. The predicted molar refractivity (Wildman–Crippen MR) is 143 cm³/mol. The summed E-state index contributed by atoms with van der Waals surface area (Å²) in [5.41, 5.74) is -9.47. The highest BCUT2D eigenvalue weighted by atomic mass is 19.4. The van der Waals surface area contributed by atoms with Crippen molar-refractivity contribution in [2.75, 3.05) is 0 Å². The van der Waals surface area contributed by atoms with Gasteiger partial charge in [0.05, 0.1) is 16.7 Å². The average Bonchev–Trinajstić information content (AvgIpc) is 2.96. The van der Waals surface area contributed by atoms with E-state index in [1.165, 1.54) is 18.2 Å². The third-order valence-electron chi connectivity index (χ3n) is 6.24. The van der Waals surface area contributed by atoms with E-state index in [9.17, 15) is 65.9 Å². The normalized spacial score (nSPS) is 11.5. The van der Waals surface area contributed by atoms with Gasteiger partial charge in [-0.15, -0.1) is 0 Å². The fourth-order valence-corrected chi connectivity index (χ4v) is 4.29. The van der Waals surface area contributed by atoms with Crippen LogP contribution in [0.1, 0.15) is 52.6 Å². The van der Waals surface area contributed by atoms with Crippen LogP contribution in [0.5, 0.6) is 23.0 Å². The maximum Gasteiger partial charge on any atom is 0.420 e. The van der Waals surface area contributed by atoms with Crippen molar-refractivity contribution in [2.45, 2.75) is 12.4 Å². The van der Waals surface area contributed by atoms with E-state index in [1.807, 2.05) is 0 Å². The molecule has 0 bridgehead atoms. The molecule has 46 heavy (non-hydrogen) atoms. The highest BCUT2D eigenvalue weighted by Crippen LogP contribution is 2.54. The molecule has 4 rings (SSSR count). The summed E-state index contributed by atoms with van der Waals surface area (Å²) in [4.78, 5) is 46.6. The molecule has 0 aliphatic rings. The zero-order valence-electron chi connectivity index (χ0n) is 22.4. The van der Waals surface area contributed by atoms with Crippen LogP contribution in [0, 0.1) is 0 Å². The molecule has 0 aromatic heterocycles. The van der Waals surface area contributed by atoms with Gasteiger partial charge < -0.3 is 29.9 Å². The first-order valence-electron chi connectivity index (χ1n) is 12.4. The quantitative estimate of drug-likeness (QED) is 0.131. The second kappa shape index (κ2) is 12.1. The Bertz CT molecular complexity index is 1880. The van der Waals surface area contributed by atoms with Gasteiger partial charge in [0, 0.05) is 0 Å². The fraction of sp³-hybridized carbons (Fsp3) is 0.0667. The van der Waals surface area contributed by atoms with Crippen molar-refractivity contribution in [1.82, 2.24) is 0 Å². The van der Waals surface area contributed by atoms with Crippen LogP contribution in [-0.4, -0.2) is 44.3 Å². The molecular weight excluding hydrogens is 634 g/mol. The van der Waals surface area contributed by atoms with E-state index in [1.54, 1.807) is 0 Å². The molecule has 0 aliphatic heterocycles. The van der Waals surface area contributed by atoms with E-state index in [4.69, 9.17) is 9.47 Å². The highest BCUT2D eigenvalue weighted by molar-refractivity contribution is 5.97. The minimum absolute atomic E-state index is 0.395. The lowest BCUT2D eigenvalue weighted by molar-refractivity contribution is -0.162. The number of carboxylic acids is 4. The van der Waals surface area contributed by atoms with Gasteiger partial charge in [-0.1, -0.05) is 30.3 Å². The number of hydrogen-bond donors (Lipinski definition) is 4. The van der Waals surface area contributed by atoms with Crippen molar-refractivity contribution in [3.63, 3.8) is 0 Å². The van der Waals surface area contributed by atoms with Crippen LogP contribution in [0.4, 0.5) is 26.3 Å². The number of carboxylic acid groups (broad SMARTS) is 4. The van der Waals surface area contributed by atoms with Gasteiger partial charge in [0.1, 0.15) is 28.2 Å². The fourth-order valence-electron chi connectivity index (χ4n) is 4.29. The lowest BCUT2D eigenvalue weighted by Gasteiger charge is -2.25. The Morgan fingerprint density at radius 1 is 0.522 bits per heavy atom. The van der Waals surface area contributed by atoms with Crippen LogP contribution in [0.2, 0.25) is 0 Å². The summed E-state index contributed by atoms with van der Waals surface area (Å²) in [6.45, 7) is 0. The lowest BCUT2D eigenvalue weighted by atomic mass is 9.93. The molecule has 0 radical (unpaired) electrons. The van der Waals surface area contributed by atoms with Gasteiger partial charge in [-0.2, -0.15) is 26.3 Å². The summed E-state index contributed by atoms with van der Waals surface area (Å²) in [6, 6.07) is 10.3. The summed E-state index contributed by atoms with van der Waals surface area (Å²) < 4.78 is 98.5. The SMILES string of the molecule is O=C(O)c1ccc(Oc2cc(-c3ccccc3)c(C(F)(F)F)c(C(F)(F)F)c2Oc2ccc(C(=O)O)cc2C(=O)O)c(C(=O)O)c1. The smallest absolute Gasteiger partial charge is 0.420 e. The van der Waals surface area contributed by atoms with E-state index >= 15 is 0 Å². The second-order valence-corrected chi connectivity index (χ2v) is 9.21. The number of benzene rings is 4. The number of hydrogen-bond acceptors (Lipinski definition) is 6. The Labute approximate surface area is 252 Å². The lowest BCUT2D eigenvalue weighted by Crippen LogP contribution is -2.20. The number of ether oxygens (including phenoxy) is 2. The van der Waals surface area contributed by atoms with Gasteiger partial charge in [-0.3, -0.25) is 0 Å². The Morgan fingerprint density at radius 2 is 0.978 bits per heavy atom. The van der Waals surface area contributed by atoms with Crippen LogP contribution in [0.25, 0.3) is 11.1 Å². The van der Waals surface area contributed by atoms with E-state index in [0.717, 1.165) is 24.3 Å². The third-order valence-corrected chi connectivity index (χ3v) is 6.24. The van der Waals surface area contributed by atoms with Crippen molar-refractivity contribution in [1.29, 1.82) is 0 Å². The summed E-state index contributed by atoms with van der Waals surface area (Å²) in [5, 5.41) is 37.7. The maximum absolute atomic E-state index is 14.7. The summed E-state index contributed by atoms with van der Waals surface area (Å²) in [7, 11) is 0. The standard InChI is InChI=1S/C30H16F6O10/c31-29(32,33)22-16(13-4-2-1-3-5-13)12-21(45-19-8-6-14(25(37)38)10-17(19)27(41)42)24(23(22)30(34,35)36)46-20-9-7-15(26(39)40)11-18(20)28(43)44/h1-12H,(H,37,38)(H,39,40)(H,41,42)(H,43,44). The van der Waals surface area contributed by atoms with Crippen molar-refractivity contribution in [3.05, 3.63) is 106 Å². The van der Waals surface area contributed by atoms with Gasteiger partial charge in [-0.25, -0.2) is 19.2 Å². The molecule has 0 saturated heterocycles. The number of halogens is 6. The molecule has 0 atom stereocenters. The number of alkyl halides is 6. The third kappa shape index (κ3) is 6.69.